The second-order valence-electron chi connectivity index (χ2n) is 3.45. The SMILES string of the molecule is CN1CCN(C(F)(F)C(F)OC(F)(F)F)C1F. The van der Waals surface area contributed by atoms with Crippen molar-refractivity contribution in [2.45, 2.75) is 25.2 Å². The van der Waals surface area contributed by atoms with Crippen molar-refractivity contribution >= 4 is 0 Å². The van der Waals surface area contributed by atoms with Gasteiger partial charge in [-0.25, -0.2) is 13.5 Å². The normalized spacial score (nSPS) is 26.5. The summed E-state index contributed by atoms with van der Waals surface area (Å²) in [7, 11) is 1.14. The van der Waals surface area contributed by atoms with E-state index in [2.05, 4.69) is 4.74 Å². The molecule has 102 valence electrons. The third kappa shape index (κ3) is 3.19. The summed E-state index contributed by atoms with van der Waals surface area (Å²) < 4.78 is 89.4. The summed E-state index contributed by atoms with van der Waals surface area (Å²) in [6.07, 6.45) is -11.9. The lowest BCUT2D eigenvalue weighted by molar-refractivity contribution is -0.407. The van der Waals surface area contributed by atoms with Crippen molar-refractivity contribution in [1.82, 2.24) is 9.80 Å². The van der Waals surface area contributed by atoms with Crippen LogP contribution in [0.5, 0.6) is 0 Å². The highest BCUT2D eigenvalue weighted by atomic mass is 19.4. The van der Waals surface area contributed by atoms with E-state index in [1.807, 2.05) is 0 Å². The summed E-state index contributed by atoms with van der Waals surface area (Å²) in [5.41, 5.74) is 0. The van der Waals surface area contributed by atoms with Crippen LogP contribution in [0.15, 0.2) is 0 Å². The predicted octanol–water partition coefficient (Wildman–Crippen LogP) is 1.91. The average molecular weight is 270 g/mol. The van der Waals surface area contributed by atoms with Crippen LogP contribution in [-0.2, 0) is 4.74 Å². The Morgan fingerprint density at radius 2 is 1.71 bits per heavy atom. The number of ether oxygens (including phenoxy) is 1. The quantitative estimate of drug-likeness (QED) is 0.575. The van der Waals surface area contributed by atoms with Gasteiger partial charge in [-0.1, -0.05) is 0 Å². The first-order valence-electron chi connectivity index (χ1n) is 4.43. The lowest BCUT2D eigenvalue weighted by Crippen LogP contribution is -2.53. The molecule has 1 aliphatic heterocycles. The maximum atomic E-state index is 13.1. The van der Waals surface area contributed by atoms with Crippen LogP contribution in [0, 0.1) is 0 Å². The van der Waals surface area contributed by atoms with Gasteiger partial charge in [-0.2, -0.15) is 13.7 Å². The van der Waals surface area contributed by atoms with E-state index in [0.717, 1.165) is 11.9 Å². The van der Waals surface area contributed by atoms with Gasteiger partial charge in [0.1, 0.15) is 0 Å². The van der Waals surface area contributed by atoms with Crippen LogP contribution in [0.3, 0.4) is 0 Å². The van der Waals surface area contributed by atoms with Gasteiger partial charge in [-0.3, -0.25) is 4.90 Å². The third-order valence-electron chi connectivity index (χ3n) is 2.21. The Bertz CT molecular complexity index is 271. The fraction of sp³-hybridized carbons (Fsp3) is 1.00. The molecule has 0 bridgehead atoms. The molecule has 0 aromatic rings. The molecule has 0 spiro atoms. The van der Waals surface area contributed by atoms with Gasteiger partial charge in [-0.15, -0.1) is 13.2 Å². The van der Waals surface area contributed by atoms with Crippen LogP contribution >= 0.6 is 0 Å². The Morgan fingerprint density at radius 3 is 2.06 bits per heavy atom. The van der Waals surface area contributed by atoms with Crippen LogP contribution in [-0.4, -0.2) is 55.1 Å². The van der Waals surface area contributed by atoms with Gasteiger partial charge in [0.25, 0.3) is 6.36 Å². The average Bonchev–Trinajstić information content (AvgIpc) is 2.45. The predicted molar refractivity (Wildman–Crippen MR) is 41.2 cm³/mol. The first-order valence-corrected chi connectivity index (χ1v) is 4.43. The van der Waals surface area contributed by atoms with E-state index in [1.165, 1.54) is 0 Å². The number of rotatable bonds is 3. The molecule has 17 heavy (non-hydrogen) atoms. The second-order valence-corrected chi connectivity index (χ2v) is 3.45. The van der Waals surface area contributed by atoms with E-state index in [1.54, 1.807) is 0 Å². The lowest BCUT2D eigenvalue weighted by Gasteiger charge is -2.31. The van der Waals surface area contributed by atoms with E-state index in [9.17, 15) is 30.7 Å². The number of hydrogen-bond acceptors (Lipinski definition) is 3. The number of alkyl halides is 7. The molecule has 0 N–H and O–H groups in total. The molecule has 1 heterocycles. The van der Waals surface area contributed by atoms with Crippen molar-refractivity contribution in [3.05, 3.63) is 0 Å². The molecule has 2 unspecified atom stereocenters. The van der Waals surface area contributed by atoms with Gasteiger partial charge in [0.15, 0.2) is 0 Å². The van der Waals surface area contributed by atoms with E-state index < -0.39 is 31.7 Å². The van der Waals surface area contributed by atoms with E-state index in [-0.39, 0.29) is 11.4 Å². The molecule has 0 aromatic heterocycles. The second kappa shape index (κ2) is 4.58. The Balaban J connectivity index is 2.73. The smallest absolute Gasteiger partial charge is 0.263 e. The fourth-order valence-corrected chi connectivity index (χ4v) is 1.33. The van der Waals surface area contributed by atoms with Gasteiger partial charge >= 0.3 is 12.4 Å². The number of nitrogens with zero attached hydrogens (tertiary/aromatic N) is 2. The van der Waals surface area contributed by atoms with Gasteiger partial charge in [0.2, 0.25) is 6.42 Å². The molecule has 0 saturated carbocycles. The maximum absolute atomic E-state index is 13.1. The first-order chi connectivity index (χ1) is 7.55. The molecule has 1 fully saturated rings. The first kappa shape index (κ1) is 14.5. The zero-order valence-electron chi connectivity index (χ0n) is 8.52. The summed E-state index contributed by atoms with van der Waals surface area (Å²) in [6.45, 7) is -0.762. The number of likely N-dealkylation sites (N-methyl/N-ethyl adjacent to an activating group) is 1. The molecule has 1 aliphatic rings. The van der Waals surface area contributed by atoms with Crippen LogP contribution in [0.1, 0.15) is 0 Å². The summed E-state index contributed by atoms with van der Waals surface area (Å²) in [6, 6.07) is -4.69. The molecular weight excluding hydrogens is 261 g/mol. The van der Waals surface area contributed by atoms with E-state index >= 15 is 0 Å². The zero-order chi connectivity index (χ0) is 13.4. The highest BCUT2D eigenvalue weighted by molar-refractivity contribution is 4.81. The summed E-state index contributed by atoms with van der Waals surface area (Å²) in [5.74, 6) is 0. The lowest BCUT2D eigenvalue weighted by atomic mass is 10.4. The molecule has 0 radical (unpaired) electrons. The van der Waals surface area contributed by atoms with Crippen LogP contribution in [0.25, 0.3) is 0 Å². The third-order valence-corrected chi connectivity index (χ3v) is 2.21. The Morgan fingerprint density at radius 1 is 1.18 bits per heavy atom. The Hall–Kier alpha value is -0.610. The number of halogens is 7. The van der Waals surface area contributed by atoms with Crippen molar-refractivity contribution in [1.29, 1.82) is 0 Å². The standard InChI is InChI=1S/C7H9F7N2O/c1-15-2-3-16(5(15)9)6(10,11)4(8)17-7(12,13)14/h4-5H,2-3H2,1H3. The Labute approximate surface area is 91.7 Å². The molecular formula is C7H9F7N2O. The minimum absolute atomic E-state index is 0.157. The minimum atomic E-state index is -5.56. The fourth-order valence-electron chi connectivity index (χ4n) is 1.33. The van der Waals surface area contributed by atoms with Crippen molar-refractivity contribution in [2.24, 2.45) is 0 Å². The summed E-state index contributed by atoms with van der Waals surface area (Å²) in [5, 5.41) is 0. The van der Waals surface area contributed by atoms with Crippen LogP contribution < -0.4 is 0 Å². The molecule has 2 atom stereocenters. The molecule has 0 amide bonds. The topological polar surface area (TPSA) is 15.7 Å². The maximum Gasteiger partial charge on any atom is 0.525 e. The van der Waals surface area contributed by atoms with E-state index in [0.29, 0.717) is 0 Å². The summed E-state index contributed by atoms with van der Waals surface area (Å²) in [4.78, 5) is 0.470. The Kier molecular flexibility index (Phi) is 3.89. The van der Waals surface area contributed by atoms with E-state index in [4.69, 9.17) is 0 Å². The van der Waals surface area contributed by atoms with Crippen molar-refractivity contribution in [3.63, 3.8) is 0 Å². The van der Waals surface area contributed by atoms with Crippen LogP contribution in [0.2, 0.25) is 0 Å². The van der Waals surface area contributed by atoms with Crippen molar-refractivity contribution in [2.75, 3.05) is 20.1 Å². The van der Waals surface area contributed by atoms with Gasteiger partial charge in [0, 0.05) is 13.1 Å². The summed E-state index contributed by atoms with van der Waals surface area (Å²) >= 11 is 0. The van der Waals surface area contributed by atoms with Crippen LogP contribution in [0.4, 0.5) is 30.7 Å². The van der Waals surface area contributed by atoms with Crippen molar-refractivity contribution < 1.29 is 35.5 Å². The number of hydrogen-bond donors (Lipinski definition) is 0. The van der Waals surface area contributed by atoms with Crippen molar-refractivity contribution in [3.8, 4) is 0 Å². The highest BCUT2D eigenvalue weighted by Crippen LogP contribution is 2.35. The van der Waals surface area contributed by atoms with Gasteiger partial charge in [-0.05, 0) is 7.05 Å². The zero-order valence-corrected chi connectivity index (χ0v) is 8.52. The molecule has 10 heteroatoms. The highest BCUT2D eigenvalue weighted by Gasteiger charge is 2.56. The molecule has 0 aromatic carbocycles. The van der Waals surface area contributed by atoms with Gasteiger partial charge in [0.05, 0.1) is 0 Å². The van der Waals surface area contributed by atoms with Gasteiger partial charge < -0.3 is 0 Å². The molecule has 3 nitrogen and oxygen atoms in total. The monoisotopic (exact) mass is 270 g/mol. The molecule has 0 aliphatic carbocycles. The minimum Gasteiger partial charge on any atom is -0.263 e. The molecule has 1 saturated heterocycles. The largest absolute Gasteiger partial charge is 0.525 e. The molecule has 1 rings (SSSR count).